The Balaban J connectivity index is 1.54. The summed E-state index contributed by atoms with van der Waals surface area (Å²) in [5.74, 6) is 0. The molecule has 0 amide bonds. The van der Waals surface area contributed by atoms with Gasteiger partial charge in [0.1, 0.15) is 5.72 Å². The summed E-state index contributed by atoms with van der Waals surface area (Å²) < 4.78 is 6.11. The van der Waals surface area contributed by atoms with Crippen LogP contribution in [0.3, 0.4) is 0 Å². The van der Waals surface area contributed by atoms with Gasteiger partial charge in [-0.05, 0) is 12.5 Å². The molecule has 4 heteroatoms. The molecular weight excluding hydrogens is 250 g/mol. The molecule has 1 aromatic carbocycles. The van der Waals surface area contributed by atoms with Crippen molar-refractivity contribution in [2.45, 2.75) is 38.1 Å². The monoisotopic (exact) mass is 275 g/mol. The van der Waals surface area contributed by atoms with Gasteiger partial charge in [-0.1, -0.05) is 30.3 Å². The molecule has 0 aromatic heterocycles. The highest BCUT2D eigenvalue weighted by Crippen LogP contribution is 2.28. The first kappa shape index (κ1) is 14.0. The van der Waals surface area contributed by atoms with Crippen molar-refractivity contribution in [3.8, 4) is 0 Å². The van der Waals surface area contributed by atoms with E-state index in [0.29, 0.717) is 6.04 Å². The van der Waals surface area contributed by atoms with Crippen molar-refractivity contribution in [3.63, 3.8) is 0 Å². The van der Waals surface area contributed by atoms with Crippen molar-refractivity contribution < 1.29 is 4.74 Å². The number of ether oxygens (including phenoxy) is 1. The Morgan fingerprint density at radius 3 is 2.60 bits per heavy atom. The lowest BCUT2D eigenvalue weighted by Gasteiger charge is -2.49. The second-order valence-corrected chi connectivity index (χ2v) is 6.14. The van der Waals surface area contributed by atoms with E-state index in [9.17, 15) is 0 Å². The molecule has 2 saturated heterocycles. The SMILES string of the molecule is CC1COC2(CCN(Cc3ccccc3)CC2)NN1C. The molecule has 4 nitrogen and oxygen atoms in total. The van der Waals surface area contributed by atoms with Gasteiger partial charge >= 0.3 is 0 Å². The van der Waals surface area contributed by atoms with Gasteiger partial charge in [0.15, 0.2) is 0 Å². The molecule has 0 aliphatic carbocycles. The number of hydrazine groups is 1. The third-order valence-electron chi connectivity index (χ3n) is 4.55. The molecule has 1 N–H and O–H groups in total. The van der Waals surface area contributed by atoms with E-state index in [-0.39, 0.29) is 5.72 Å². The zero-order valence-corrected chi connectivity index (χ0v) is 12.5. The highest BCUT2D eigenvalue weighted by molar-refractivity contribution is 5.14. The van der Waals surface area contributed by atoms with E-state index < -0.39 is 0 Å². The Kier molecular flexibility index (Phi) is 4.08. The predicted octanol–water partition coefficient (Wildman–Crippen LogP) is 1.83. The van der Waals surface area contributed by atoms with E-state index in [2.05, 4.69) is 59.6 Å². The molecule has 1 unspecified atom stereocenters. The molecule has 3 rings (SSSR count). The first-order chi connectivity index (χ1) is 9.67. The molecular formula is C16H25N3O. The molecule has 1 spiro atoms. The molecule has 20 heavy (non-hydrogen) atoms. The summed E-state index contributed by atoms with van der Waals surface area (Å²) in [6, 6.07) is 11.2. The summed E-state index contributed by atoms with van der Waals surface area (Å²) >= 11 is 0. The summed E-state index contributed by atoms with van der Waals surface area (Å²) in [6.07, 6.45) is 2.10. The largest absolute Gasteiger partial charge is 0.358 e. The van der Waals surface area contributed by atoms with Crippen molar-refractivity contribution in [1.29, 1.82) is 0 Å². The molecule has 0 bridgehead atoms. The van der Waals surface area contributed by atoms with Crippen LogP contribution in [0.15, 0.2) is 30.3 Å². The van der Waals surface area contributed by atoms with Crippen LogP contribution in [0.4, 0.5) is 0 Å². The minimum Gasteiger partial charge on any atom is -0.358 e. The highest BCUT2D eigenvalue weighted by Gasteiger charge is 2.40. The van der Waals surface area contributed by atoms with Crippen LogP contribution < -0.4 is 5.43 Å². The normalized spacial score (nSPS) is 27.8. The molecule has 1 aromatic rings. The lowest BCUT2D eigenvalue weighted by molar-refractivity contribution is -0.196. The fraction of sp³-hybridized carbons (Fsp3) is 0.625. The zero-order chi connectivity index (χ0) is 14.0. The quantitative estimate of drug-likeness (QED) is 0.891. The molecule has 2 aliphatic rings. The van der Waals surface area contributed by atoms with Gasteiger partial charge < -0.3 is 4.74 Å². The maximum absolute atomic E-state index is 6.11. The topological polar surface area (TPSA) is 27.7 Å². The summed E-state index contributed by atoms with van der Waals surface area (Å²) in [5.41, 5.74) is 4.81. The molecule has 2 aliphatic heterocycles. The molecule has 2 fully saturated rings. The van der Waals surface area contributed by atoms with Gasteiger partial charge in [0.2, 0.25) is 0 Å². The maximum atomic E-state index is 6.11. The number of nitrogens with one attached hydrogen (secondary N) is 1. The lowest BCUT2D eigenvalue weighted by Crippen LogP contribution is -2.66. The van der Waals surface area contributed by atoms with Crippen molar-refractivity contribution in [2.75, 3.05) is 26.7 Å². The summed E-state index contributed by atoms with van der Waals surface area (Å²) in [7, 11) is 2.12. The van der Waals surface area contributed by atoms with E-state index in [1.54, 1.807) is 0 Å². The first-order valence-electron chi connectivity index (χ1n) is 7.58. The third kappa shape index (κ3) is 3.04. The second kappa shape index (κ2) is 5.82. The Labute approximate surface area is 121 Å². The first-order valence-corrected chi connectivity index (χ1v) is 7.58. The van der Waals surface area contributed by atoms with E-state index in [1.807, 2.05) is 0 Å². The molecule has 110 valence electrons. The standard InChI is InChI=1S/C16H25N3O/c1-14-13-20-16(17-18(14)2)8-10-19(11-9-16)12-15-6-4-3-5-7-15/h3-7,14,17H,8-13H2,1-2H3. The third-order valence-corrected chi connectivity index (χ3v) is 4.55. The second-order valence-electron chi connectivity index (χ2n) is 6.14. The number of hydrogen-bond donors (Lipinski definition) is 1. The van der Waals surface area contributed by atoms with E-state index in [4.69, 9.17) is 4.74 Å². The number of rotatable bonds is 2. The van der Waals surface area contributed by atoms with Crippen molar-refractivity contribution in [2.24, 2.45) is 0 Å². The van der Waals surface area contributed by atoms with Gasteiger partial charge in [-0.25, -0.2) is 10.4 Å². The Morgan fingerprint density at radius 1 is 1.25 bits per heavy atom. The molecule has 0 saturated carbocycles. The van der Waals surface area contributed by atoms with Gasteiger partial charge in [0.25, 0.3) is 0 Å². The van der Waals surface area contributed by atoms with E-state index in [1.165, 1.54) is 5.56 Å². The number of benzene rings is 1. The van der Waals surface area contributed by atoms with Crippen LogP contribution in [0.25, 0.3) is 0 Å². The van der Waals surface area contributed by atoms with Crippen LogP contribution in [-0.2, 0) is 11.3 Å². The van der Waals surface area contributed by atoms with Gasteiger partial charge in [0, 0.05) is 45.6 Å². The average Bonchev–Trinajstić information content (AvgIpc) is 2.47. The maximum Gasteiger partial charge on any atom is 0.134 e. The lowest BCUT2D eigenvalue weighted by atomic mass is 9.99. The number of hydrogen-bond acceptors (Lipinski definition) is 4. The van der Waals surface area contributed by atoms with Crippen molar-refractivity contribution in [1.82, 2.24) is 15.3 Å². The van der Waals surface area contributed by atoms with Gasteiger partial charge in [-0.2, -0.15) is 0 Å². The fourth-order valence-corrected chi connectivity index (χ4v) is 3.03. The Bertz CT molecular complexity index is 429. The van der Waals surface area contributed by atoms with Crippen molar-refractivity contribution in [3.05, 3.63) is 35.9 Å². The Hall–Kier alpha value is -0.940. The van der Waals surface area contributed by atoms with Crippen molar-refractivity contribution >= 4 is 0 Å². The van der Waals surface area contributed by atoms with Gasteiger partial charge in [-0.3, -0.25) is 4.90 Å². The molecule has 1 atom stereocenters. The minimum absolute atomic E-state index is 0.131. The summed E-state index contributed by atoms with van der Waals surface area (Å²) in [5, 5.41) is 2.20. The molecule has 2 heterocycles. The van der Waals surface area contributed by atoms with Crippen LogP contribution in [0.5, 0.6) is 0 Å². The Morgan fingerprint density at radius 2 is 1.95 bits per heavy atom. The number of likely N-dealkylation sites (tertiary alicyclic amines) is 1. The van der Waals surface area contributed by atoms with Gasteiger partial charge in [0.05, 0.1) is 6.61 Å². The smallest absolute Gasteiger partial charge is 0.134 e. The van der Waals surface area contributed by atoms with Crippen LogP contribution in [-0.4, -0.2) is 48.4 Å². The number of piperidine rings is 1. The minimum atomic E-state index is -0.131. The highest BCUT2D eigenvalue weighted by atomic mass is 16.5. The number of nitrogens with zero attached hydrogens (tertiary/aromatic N) is 2. The molecule has 0 radical (unpaired) electrons. The summed E-state index contributed by atoms with van der Waals surface area (Å²) in [4.78, 5) is 2.52. The van der Waals surface area contributed by atoms with Crippen LogP contribution in [0, 0.1) is 0 Å². The van der Waals surface area contributed by atoms with E-state index in [0.717, 1.165) is 39.1 Å². The predicted molar refractivity (Wildman–Crippen MR) is 80.0 cm³/mol. The average molecular weight is 275 g/mol. The number of likely N-dealkylation sites (N-methyl/N-ethyl adjacent to an activating group) is 1. The summed E-state index contributed by atoms with van der Waals surface area (Å²) in [6.45, 7) is 6.23. The van der Waals surface area contributed by atoms with Crippen LogP contribution in [0.1, 0.15) is 25.3 Å². The van der Waals surface area contributed by atoms with Crippen LogP contribution in [0.2, 0.25) is 0 Å². The van der Waals surface area contributed by atoms with Crippen LogP contribution >= 0.6 is 0 Å². The zero-order valence-electron chi connectivity index (χ0n) is 12.5. The van der Waals surface area contributed by atoms with E-state index >= 15 is 0 Å². The fourth-order valence-electron chi connectivity index (χ4n) is 3.03. The van der Waals surface area contributed by atoms with Gasteiger partial charge in [-0.15, -0.1) is 0 Å².